The Morgan fingerprint density at radius 2 is 1.62 bits per heavy atom. The van der Waals surface area contributed by atoms with E-state index in [0.717, 1.165) is 0 Å². The van der Waals surface area contributed by atoms with Crippen LogP contribution in [0.2, 0.25) is 0 Å². The van der Waals surface area contributed by atoms with Crippen LogP contribution in [0.3, 0.4) is 0 Å². The van der Waals surface area contributed by atoms with Crippen molar-refractivity contribution in [3.8, 4) is 0 Å². The van der Waals surface area contributed by atoms with Crippen LogP contribution in [0.15, 0.2) is 0 Å². The van der Waals surface area contributed by atoms with Crippen LogP contribution in [0.4, 0.5) is 0 Å². The zero-order valence-corrected chi connectivity index (χ0v) is 7.37. The third kappa shape index (κ3) is 4.51. The Hall–Kier alpha value is -0.240. The molecule has 0 aromatic rings. The lowest BCUT2D eigenvalue weighted by atomic mass is 10.2. The lowest BCUT2D eigenvalue weighted by Crippen LogP contribution is -2.40. The largest absolute Gasteiger partial charge is 0.394 e. The molecule has 0 bridgehead atoms. The summed E-state index contributed by atoms with van der Waals surface area (Å²) in [7, 11) is 0. The van der Waals surface area contributed by atoms with Crippen molar-refractivity contribution in [2.45, 2.75) is 31.5 Å². The summed E-state index contributed by atoms with van der Waals surface area (Å²) >= 11 is 0. The van der Waals surface area contributed by atoms with Crippen molar-refractivity contribution < 1.29 is 30.3 Å². The Kier molecular flexibility index (Phi) is 6.13. The minimum atomic E-state index is -1.61. The second-order valence-electron chi connectivity index (χ2n) is 2.74. The average molecular weight is 196 g/mol. The molecule has 0 amide bonds. The first-order valence-electron chi connectivity index (χ1n) is 3.94. The molecule has 0 aromatic heterocycles. The quantitative estimate of drug-likeness (QED) is 0.298. The van der Waals surface area contributed by atoms with Crippen LogP contribution in [0, 0.1) is 0 Å². The molecule has 0 rings (SSSR count). The molecule has 5 N–H and O–H groups in total. The van der Waals surface area contributed by atoms with Crippen molar-refractivity contribution in [2.24, 2.45) is 0 Å². The Morgan fingerprint density at radius 3 is 1.92 bits per heavy atom. The molecular formula is C7H16O6. The van der Waals surface area contributed by atoms with Gasteiger partial charge in [0.2, 0.25) is 0 Å². The van der Waals surface area contributed by atoms with E-state index in [-0.39, 0.29) is 0 Å². The summed E-state index contributed by atoms with van der Waals surface area (Å²) < 4.78 is 4.66. The zero-order chi connectivity index (χ0) is 10.4. The predicted molar refractivity (Wildman–Crippen MR) is 42.7 cm³/mol. The lowest BCUT2D eigenvalue weighted by Gasteiger charge is -2.24. The SMILES string of the molecule is C[C@H](O)C(CO)OC(O)[C@@H](O)CO. The molecule has 0 saturated carbocycles. The maximum Gasteiger partial charge on any atom is 0.183 e. The third-order valence-electron chi connectivity index (χ3n) is 1.55. The topological polar surface area (TPSA) is 110 Å². The molecule has 6 nitrogen and oxygen atoms in total. The minimum Gasteiger partial charge on any atom is -0.394 e. The van der Waals surface area contributed by atoms with Gasteiger partial charge in [0, 0.05) is 0 Å². The number of hydrogen-bond donors (Lipinski definition) is 5. The number of ether oxygens (including phenoxy) is 1. The van der Waals surface area contributed by atoms with Crippen LogP contribution in [-0.4, -0.2) is 63.3 Å². The van der Waals surface area contributed by atoms with Gasteiger partial charge in [-0.05, 0) is 6.92 Å². The van der Waals surface area contributed by atoms with Crippen LogP contribution >= 0.6 is 0 Å². The van der Waals surface area contributed by atoms with Crippen LogP contribution in [-0.2, 0) is 4.74 Å². The monoisotopic (exact) mass is 196 g/mol. The third-order valence-corrected chi connectivity index (χ3v) is 1.55. The Morgan fingerprint density at radius 1 is 1.08 bits per heavy atom. The number of hydrogen-bond acceptors (Lipinski definition) is 6. The minimum absolute atomic E-state index is 0.479. The molecule has 0 fully saturated rings. The molecule has 0 aliphatic heterocycles. The highest BCUT2D eigenvalue weighted by atomic mass is 16.6. The molecule has 0 aliphatic rings. The Labute approximate surface area is 76.0 Å². The maximum absolute atomic E-state index is 9.01. The van der Waals surface area contributed by atoms with E-state index < -0.39 is 37.8 Å². The normalized spacial score (nSPS) is 20.8. The van der Waals surface area contributed by atoms with E-state index >= 15 is 0 Å². The van der Waals surface area contributed by atoms with Gasteiger partial charge in [-0.3, -0.25) is 0 Å². The smallest absolute Gasteiger partial charge is 0.183 e. The summed E-state index contributed by atoms with van der Waals surface area (Å²) in [6, 6.07) is 0. The van der Waals surface area contributed by atoms with Crippen LogP contribution < -0.4 is 0 Å². The first kappa shape index (κ1) is 12.8. The highest BCUT2D eigenvalue weighted by molar-refractivity contribution is 4.66. The summed E-state index contributed by atoms with van der Waals surface area (Å²) in [6.45, 7) is 0.241. The van der Waals surface area contributed by atoms with Gasteiger partial charge in [0.25, 0.3) is 0 Å². The average Bonchev–Trinajstić information content (AvgIpc) is 2.11. The van der Waals surface area contributed by atoms with Crippen LogP contribution in [0.25, 0.3) is 0 Å². The van der Waals surface area contributed by atoms with Gasteiger partial charge in [-0.2, -0.15) is 0 Å². The first-order valence-corrected chi connectivity index (χ1v) is 3.94. The Balaban J connectivity index is 3.93. The van der Waals surface area contributed by atoms with Gasteiger partial charge in [-0.15, -0.1) is 0 Å². The van der Waals surface area contributed by atoms with Crippen LogP contribution in [0.5, 0.6) is 0 Å². The van der Waals surface area contributed by atoms with Crippen molar-refractivity contribution >= 4 is 0 Å². The predicted octanol–water partition coefficient (Wildman–Crippen LogP) is -2.58. The second-order valence-corrected chi connectivity index (χ2v) is 2.74. The summed E-state index contributed by atoms with van der Waals surface area (Å²) in [5.41, 5.74) is 0. The summed E-state index contributed by atoms with van der Waals surface area (Å²) in [4.78, 5) is 0. The van der Waals surface area contributed by atoms with E-state index in [4.69, 9.17) is 25.5 Å². The molecular weight excluding hydrogens is 180 g/mol. The van der Waals surface area contributed by atoms with E-state index in [1.807, 2.05) is 0 Å². The molecule has 0 aliphatic carbocycles. The summed E-state index contributed by atoms with van der Waals surface area (Å²) in [5, 5.41) is 43.9. The fourth-order valence-corrected chi connectivity index (χ4v) is 0.669. The lowest BCUT2D eigenvalue weighted by molar-refractivity contribution is -0.217. The number of aliphatic hydroxyl groups excluding tert-OH is 5. The van der Waals surface area contributed by atoms with Gasteiger partial charge >= 0.3 is 0 Å². The fourth-order valence-electron chi connectivity index (χ4n) is 0.669. The van der Waals surface area contributed by atoms with Crippen molar-refractivity contribution in [3.05, 3.63) is 0 Å². The molecule has 13 heavy (non-hydrogen) atoms. The highest BCUT2D eigenvalue weighted by Crippen LogP contribution is 2.04. The van der Waals surface area contributed by atoms with Gasteiger partial charge in [-0.1, -0.05) is 0 Å². The Bertz CT molecular complexity index is 128. The van der Waals surface area contributed by atoms with Crippen molar-refractivity contribution in [1.82, 2.24) is 0 Å². The van der Waals surface area contributed by atoms with Crippen molar-refractivity contribution in [3.63, 3.8) is 0 Å². The maximum atomic E-state index is 9.01. The molecule has 0 heterocycles. The molecule has 0 spiro atoms. The van der Waals surface area contributed by atoms with Crippen molar-refractivity contribution in [1.29, 1.82) is 0 Å². The van der Waals surface area contributed by atoms with Crippen LogP contribution in [0.1, 0.15) is 6.92 Å². The molecule has 80 valence electrons. The molecule has 0 aromatic carbocycles. The standard InChI is InChI=1S/C7H16O6/c1-4(10)6(3-9)13-7(12)5(11)2-8/h4-12H,2-3H2,1H3/t4-,5-,6?,7?/m0/s1. The van der Waals surface area contributed by atoms with Gasteiger partial charge in [0.1, 0.15) is 12.2 Å². The molecule has 0 saturated heterocycles. The van der Waals surface area contributed by atoms with E-state index in [0.29, 0.717) is 0 Å². The number of aliphatic hydroxyl groups is 5. The van der Waals surface area contributed by atoms with E-state index in [1.54, 1.807) is 0 Å². The van der Waals surface area contributed by atoms with E-state index in [2.05, 4.69) is 4.74 Å². The van der Waals surface area contributed by atoms with Gasteiger partial charge in [-0.25, -0.2) is 0 Å². The van der Waals surface area contributed by atoms with Crippen molar-refractivity contribution in [2.75, 3.05) is 13.2 Å². The van der Waals surface area contributed by atoms with Gasteiger partial charge in [0.15, 0.2) is 6.29 Å². The highest BCUT2D eigenvalue weighted by Gasteiger charge is 2.23. The second kappa shape index (κ2) is 6.25. The summed E-state index contributed by atoms with van der Waals surface area (Å²) in [6.07, 6.45) is -4.99. The molecule has 6 heteroatoms. The summed E-state index contributed by atoms with van der Waals surface area (Å²) in [5.74, 6) is 0. The zero-order valence-electron chi connectivity index (χ0n) is 7.37. The number of rotatable bonds is 6. The molecule has 0 radical (unpaired) electrons. The van der Waals surface area contributed by atoms with Gasteiger partial charge < -0.3 is 30.3 Å². The fraction of sp³-hybridized carbons (Fsp3) is 1.00. The van der Waals surface area contributed by atoms with Gasteiger partial charge in [0.05, 0.1) is 19.3 Å². The molecule has 2 unspecified atom stereocenters. The first-order chi connectivity index (χ1) is 6.02. The van der Waals surface area contributed by atoms with E-state index in [1.165, 1.54) is 6.92 Å². The van der Waals surface area contributed by atoms with E-state index in [9.17, 15) is 0 Å². The molecule has 4 atom stereocenters.